The van der Waals surface area contributed by atoms with Crippen LogP contribution in [0.15, 0.2) is 4.99 Å². The van der Waals surface area contributed by atoms with Crippen LogP contribution in [0.25, 0.3) is 0 Å². The Labute approximate surface area is 143 Å². The van der Waals surface area contributed by atoms with Gasteiger partial charge in [0.2, 0.25) is 0 Å². The molecule has 1 aliphatic heterocycles. The van der Waals surface area contributed by atoms with E-state index in [0.29, 0.717) is 6.54 Å². The monoisotopic (exact) mass is 338 g/mol. The lowest BCUT2D eigenvalue weighted by Crippen LogP contribution is -2.43. The summed E-state index contributed by atoms with van der Waals surface area (Å²) < 4.78 is 2.44. The van der Waals surface area contributed by atoms with Crippen molar-refractivity contribution in [2.45, 2.75) is 64.3 Å². The molecule has 2 heterocycles. The van der Waals surface area contributed by atoms with E-state index < -0.39 is 0 Å². The van der Waals surface area contributed by atoms with Crippen molar-refractivity contribution >= 4 is 17.7 Å². The molecular weight excluding hydrogens is 308 g/mol. The molecule has 0 aliphatic carbocycles. The summed E-state index contributed by atoms with van der Waals surface area (Å²) >= 11 is 1.85. The minimum absolute atomic E-state index is 0.183. The summed E-state index contributed by atoms with van der Waals surface area (Å²) in [5, 5.41) is 15.4. The maximum Gasteiger partial charge on any atom is 0.191 e. The van der Waals surface area contributed by atoms with Crippen LogP contribution in [0.2, 0.25) is 0 Å². The third-order valence-corrected chi connectivity index (χ3v) is 5.39. The summed E-state index contributed by atoms with van der Waals surface area (Å²) in [7, 11) is 0. The molecule has 6 nitrogen and oxygen atoms in total. The molecule has 0 aromatic carbocycles. The van der Waals surface area contributed by atoms with E-state index in [2.05, 4.69) is 52.4 Å². The van der Waals surface area contributed by atoms with Crippen molar-refractivity contribution in [2.75, 3.05) is 19.3 Å². The quantitative estimate of drug-likeness (QED) is 0.615. The third kappa shape index (κ3) is 5.41. The van der Waals surface area contributed by atoms with Crippen LogP contribution >= 0.6 is 11.8 Å². The van der Waals surface area contributed by atoms with Crippen LogP contribution in [-0.2, 0) is 19.5 Å². The first-order chi connectivity index (χ1) is 11.1. The van der Waals surface area contributed by atoms with Crippen LogP contribution in [0.4, 0.5) is 0 Å². The second kappa shape index (κ2) is 8.57. The number of aromatic nitrogens is 3. The van der Waals surface area contributed by atoms with Gasteiger partial charge in [0.1, 0.15) is 12.4 Å². The van der Waals surface area contributed by atoms with Gasteiger partial charge < -0.3 is 15.2 Å². The van der Waals surface area contributed by atoms with Crippen molar-refractivity contribution in [2.24, 2.45) is 4.99 Å². The van der Waals surface area contributed by atoms with E-state index in [1.54, 1.807) is 0 Å². The first kappa shape index (κ1) is 18.1. The predicted octanol–water partition coefficient (Wildman–Crippen LogP) is 2.20. The lowest BCUT2D eigenvalue weighted by atomic mass is 10.2. The van der Waals surface area contributed by atoms with Crippen molar-refractivity contribution in [3.05, 3.63) is 11.6 Å². The second-order valence-electron chi connectivity index (χ2n) is 6.51. The molecule has 2 N–H and O–H groups in total. The molecule has 0 unspecified atom stereocenters. The van der Waals surface area contributed by atoms with Gasteiger partial charge in [-0.25, -0.2) is 4.99 Å². The Morgan fingerprint density at radius 2 is 2.09 bits per heavy atom. The maximum absolute atomic E-state index is 4.69. The van der Waals surface area contributed by atoms with Gasteiger partial charge in [-0.15, -0.1) is 10.2 Å². The zero-order chi connectivity index (χ0) is 16.7. The number of nitrogens with zero attached hydrogens (tertiary/aromatic N) is 4. The molecule has 1 aliphatic rings. The van der Waals surface area contributed by atoms with E-state index >= 15 is 0 Å². The fourth-order valence-electron chi connectivity index (χ4n) is 2.52. The smallest absolute Gasteiger partial charge is 0.191 e. The number of guanidine groups is 1. The summed E-state index contributed by atoms with van der Waals surface area (Å²) in [6.45, 7) is 9.86. The highest BCUT2D eigenvalue weighted by Crippen LogP contribution is 2.19. The van der Waals surface area contributed by atoms with Crippen molar-refractivity contribution in [3.8, 4) is 0 Å². The number of hydrogen-bond donors (Lipinski definition) is 2. The van der Waals surface area contributed by atoms with Crippen LogP contribution in [0.1, 0.15) is 51.7 Å². The molecule has 0 bridgehead atoms. The van der Waals surface area contributed by atoms with E-state index in [1.165, 1.54) is 19.3 Å². The molecule has 0 radical (unpaired) electrons. The van der Waals surface area contributed by atoms with Crippen LogP contribution in [0.5, 0.6) is 0 Å². The minimum atomic E-state index is 0.183. The van der Waals surface area contributed by atoms with Crippen LogP contribution in [0, 0.1) is 0 Å². The highest BCUT2D eigenvalue weighted by atomic mass is 32.2. The van der Waals surface area contributed by atoms with Gasteiger partial charge in [0.25, 0.3) is 0 Å². The Hall–Kier alpha value is -1.24. The van der Waals surface area contributed by atoms with Crippen molar-refractivity contribution < 1.29 is 0 Å². The third-order valence-electron chi connectivity index (χ3n) is 4.14. The lowest BCUT2D eigenvalue weighted by molar-refractivity contribution is 0.604. The Bertz CT molecular complexity index is 523. The fourth-order valence-corrected chi connectivity index (χ4v) is 2.74. The Morgan fingerprint density at radius 1 is 1.26 bits per heavy atom. The number of fused-ring (bicyclic) bond motifs is 1. The number of rotatable bonds is 6. The van der Waals surface area contributed by atoms with Gasteiger partial charge in [-0.05, 0) is 39.9 Å². The van der Waals surface area contributed by atoms with Crippen molar-refractivity contribution in [1.82, 2.24) is 25.4 Å². The normalized spacial score (nSPS) is 15.9. The largest absolute Gasteiger partial charge is 0.357 e. The highest BCUT2D eigenvalue weighted by molar-refractivity contribution is 7.99. The predicted molar refractivity (Wildman–Crippen MR) is 98.0 cm³/mol. The molecular formula is C16H30N6S. The molecule has 7 heteroatoms. The van der Waals surface area contributed by atoms with Gasteiger partial charge in [0.15, 0.2) is 11.8 Å². The number of nitrogens with one attached hydrogen (secondary N) is 2. The van der Waals surface area contributed by atoms with Gasteiger partial charge in [-0.2, -0.15) is 11.8 Å². The van der Waals surface area contributed by atoms with E-state index in [-0.39, 0.29) is 4.75 Å². The molecule has 0 saturated heterocycles. The standard InChI is InChI=1S/C16H30N6S/c1-5-17-15(19-12-16(2,3)23-4)18-11-14-21-20-13-9-7-6-8-10-22(13)14/h5-12H2,1-4H3,(H2,17,18,19). The van der Waals surface area contributed by atoms with E-state index in [4.69, 9.17) is 4.99 Å². The average molecular weight is 339 g/mol. The average Bonchev–Trinajstić information content (AvgIpc) is 2.77. The lowest BCUT2D eigenvalue weighted by Gasteiger charge is -2.23. The summed E-state index contributed by atoms with van der Waals surface area (Å²) in [5.74, 6) is 2.94. The summed E-state index contributed by atoms with van der Waals surface area (Å²) in [6.07, 6.45) is 6.88. The maximum atomic E-state index is 4.69. The van der Waals surface area contributed by atoms with Gasteiger partial charge in [-0.1, -0.05) is 6.42 Å². The molecule has 0 spiro atoms. The first-order valence-corrected chi connectivity index (χ1v) is 9.76. The highest BCUT2D eigenvalue weighted by Gasteiger charge is 2.17. The molecule has 0 fully saturated rings. The molecule has 1 aromatic heterocycles. The topological polar surface area (TPSA) is 67.1 Å². The second-order valence-corrected chi connectivity index (χ2v) is 8.02. The van der Waals surface area contributed by atoms with Crippen LogP contribution in [-0.4, -0.2) is 44.8 Å². The summed E-state index contributed by atoms with van der Waals surface area (Å²) in [5.41, 5.74) is 0. The first-order valence-electron chi connectivity index (χ1n) is 8.54. The van der Waals surface area contributed by atoms with Crippen LogP contribution < -0.4 is 10.6 Å². The van der Waals surface area contributed by atoms with Gasteiger partial charge in [-0.3, -0.25) is 0 Å². The summed E-state index contributed by atoms with van der Waals surface area (Å²) in [4.78, 5) is 4.69. The molecule has 0 atom stereocenters. The number of hydrogen-bond acceptors (Lipinski definition) is 4. The zero-order valence-electron chi connectivity index (χ0n) is 14.9. The molecule has 0 amide bonds. The number of thioether (sulfide) groups is 1. The molecule has 130 valence electrons. The molecule has 2 rings (SSSR count). The van der Waals surface area contributed by atoms with Crippen molar-refractivity contribution in [3.63, 3.8) is 0 Å². The van der Waals surface area contributed by atoms with E-state index in [9.17, 15) is 0 Å². The minimum Gasteiger partial charge on any atom is -0.357 e. The molecule has 1 aromatic rings. The SMILES string of the molecule is CCNC(=NCc1nnc2n1CCCCC2)NCC(C)(C)SC. The van der Waals surface area contributed by atoms with Gasteiger partial charge in [0.05, 0.1) is 0 Å². The number of aryl methyl sites for hydroxylation is 1. The van der Waals surface area contributed by atoms with Crippen LogP contribution in [0.3, 0.4) is 0 Å². The summed E-state index contributed by atoms with van der Waals surface area (Å²) in [6, 6.07) is 0. The van der Waals surface area contributed by atoms with Gasteiger partial charge in [0, 0.05) is 30.8 Å². The molecule has 0 saturated carbocycles. The fraction of sp³-hybridized carbons (Fsp3) is 0.812. The Morgan fingerprint density at radius 3 is 2.83 bits per heavy atom. The number of aliphatic imine (C=N–C) groups is 1. The van der Waals surface area contributed by atoms with E-state index in [0.717, 1.165) is 43.7 Å². The van der Waals surface area contributed by atoms with E-state index in [1.807, 2.05) is 11.8 Å². The van der Waals surface area contributed by atoms with Gasteiger partial charge >= 0.3 is 0 Å². The Kier molecular flexibility index (Phi) is 6.74. The van der Waals surface area contributed by atoms with Crippen molar-refractivity contribution in [1.29, 1.82) is 0 Å². The Balaban J connectivity index is 2.01. The zero-order valence-corrected chi connectivity index (χ0v) is 15.7. The molecule has 23 heavy (non-hydrogen) atoms.